The van der Waals surface area contributed by atoms with Gasteiger partial charge in [-0.3, -0.25) is 4.90 Å². The predicted molar refractivity (Wildman–Crippen MR) is 52.0 cm³/mol. The molecule has 0 aliphatic carbocycles. The van der Waals surface area contributed by atoms with Gasteiger partial charge in [0, 0.05) is 13.2 Å². The minimum Gasteiger partial charge on any atom is -0.383 e. The molecule has 0 amide bonds. The molecule has 2 atom stereocenters. The van der Waals surface area contributed by atoms with Crippen molar-refractivity contribution in [3.05, 3.63) is 0 Å². The molecule has 0 spiro atoms. The molecule has 0 bridgehead atoms. The van der Waals surface area contributed by atoms with E-state index in [4.69, 9.17) is 10.5 Å². The topological polar surface area (TPSA) is 38.5 Å². The zero-order chi connectivity index (χ0) is 9.56. The van der Waals surface area contributed by atoms with Crippen molar-refractivity contribution in [2.75, 3.05) is 20.8 Å². The minimum absolute atomic E-state index is 0.250. The van der Waals surface area contributed by atoms with Crippen LogP contribution >= 0.6 is 0 Å². The van der Waals surface area contributed by atoms with Crippen molar-refractivity contribution in [3.63, 3.8) is 0 Å². The molecule has 2 unspecified atom stereocenters. The molecule has 0 aromatic heterocycles. The van der Waals surface area contributed by atoms with Crippen molar-refractivity contribution in [2.45, 2.75) is 38.9 Å². The molecule has 12 heavy (non-hydrogen) atoms. The third kappa shape index (κ3) is 3.09. The monoisotopic (exact) mass is 174 g/mol. The third-order valence-corrected chi connectivity index (χ3v) is 2.25. The molecule has 2 N–H and O–H groups in total. The van der Waals surface area contributed by atoms with E-state index in [2.05, 4.69) is 11.9 Å². The number of rotatable bonds is 2. The number of ether oxygens (including phenoxy) is 1. The van der Waals surface area contributed by atoms with Crippen LogP contribution in [0.1, 0.15) is 26.7 Å². The summed E-state index contributed by atoms with van der Waals surface area (Å²) in [6.45, 7) is 4.81. The first kappa shape index (κ1) is 11.9. The van der Waals surface area contributed by atoms with E-state index in [0.29, 0.717) is 6.04 Å². The van der Waals surface area contributed by atoms with Gasteiger partial charge in [-0.1, -0.05) is 13.8 Å². The Kier molecular flexibility index (Phi) is 6.34. The Morgan fingerprint density at radius 1 is 1.42 bits per heavy atom. The van der Waals surface area contributed by atoms with Crippen molar-refractivity contribution < 1.29 is 4.74 Å². The number of likely N-dealkylation sites (tertiary alicyclic amines) is 1. The van der Waals surface area contributed by atoms with Crippen LogP contribution in [0.4, 0.5) is 0 Å². The van der Waals surface area contributed by atoms with Gasteiger partial charge in [0.2, 0.25) is 0 Å². The fraction of sp³-hybridized carbons (Fsp3) is 1.00. The normalized spacial score (nSPS) is 29.8. The van der Waals surface area contributed by atoms with Crippen molar-refractivity contribution in [1.29, 1.82) is 0 Å². The van der Waals surface area contributed by atoms with Gasteiger partial charge in [0.1, 0.15) is 0 Å². The van der Waals surface area contributed by atoms with Gasteiger partial charge in [0.25, 0.3) is 0 Å². The fourth-order valence-corrected chi connectivity index (χ4v) is 1.43. The molecule has 1 rings (SSSR count). The summed E-state index contributed by atoms with van der Waals surface area (Å²) in [4.78, 5) is 2.18. The zero-order valence-electron chi connectivity index (χ0n) is 8.71. The summed E-state index contributed by atoms with van der Waals surface area (Å²) >= 11 is 0. The Balaban J connectivity index is 0.000000561. The van der Waals surface area contributed by atoms with Gasteiger partial charge >= 0.3 is 0 Å². The summed E-state index contributed by atoms with van der Waals surface area (Å²) in [5.74, 6) is 0. The molecule has 1 aliphatic rings. The summed E-state index contributed by atoms with van der Waals surface area (Å²) in [5.41, 5.74) is 5.77. The average Bonchev–Trinajstić information content (AvgIpc) is 2.41. The SMILES string of the molecule is CC.COCC1CCC(N)N1C. The molecule has 0 saturated carbocycles. The van der Waals surface area contributed by atoms with E-state index < -0.39 is 0 Å². The molecular weight excluding hydrogens is 152 g/mol. The lowest BCUT2D eigenvalue weighted by Gasteiger charge is -2.21. The van der Waals surface area contributed by atoms with Gasteiger partial charge in [-0.25, -0.2) is 0 Å². The van der Waals surface area contributed by atoms with Gasteiger partial charge in [0.05, 0.1) is 12.8 Å². The zero-order valence-corrected chi connectivity index (χ0v) is 8.71. The number of hydrogen-bond acceptors (Lipinski definition) is 3. The van der Waals surface area contributed by atoms with E-state index in [9.17, 15) is 0 Å². The van der Waals surface area contributed by atoms with E-state index in [1.165, 1.54) is 6.42 Å². The van der Waals surface area contributed by atoms with Crippen LogP contribution in [0.3, 0.4) is 0 Å². The van der Waals surface area contributed by atoms with Crippen LogP contribution in [0.15, 0.2) is 0 Å². The molecule has 1 saturated heterocycles. The molecule has 1 aliphatic heterocycles. The van der Waals surface area contributed by atoms with E-state index in [0.717, 1.165) is 13.0 Å². The van der Waals surface area contributed by atoms with Gasteiger partial charge in [-0.15, -0.1) is 0 Å². The van der Waals surface area contributed by atoms with Crippen molar-refractivity contribution in [1.82, 2.24) is 4.90 Å². The summed E-state index contributed by atoms with van der Waals surface area (Å²) < 4.78 is 5.05. The quantitative estimate of drug-likeness (QED) is 0.679. The maximum absolute atomic E-state index is 5.77. The first-order valence-corrected chi connectivity index (χ1v) is 4.72. The summed E-state index contributed by atoms with van der Waals surface area (Å²) in [6.07, 6.45) is 2.52. The second kappa shape index (κ2) is 6.40. The molecule has 74 valence electrons. The van der Waals surface area contributed by atoms with E-state index >= 15 is 0 Å². The lowest BCUT2D eigenvalue weighted by molar-refractivity contribution is 0.115. The van der Waals surface area contributed by atoms with Crippen LogP contribution in [0.5, 0.6) is 0 Å². The number of nitrogens with two attached hydrogens (primary N) is 1. The Morgan fingerprint density at radius 2 is 2.00 bits per heavy atom. The summed E-state index contributed by atoms with van der Waals surface area (Å²) in [5, 5.41) is 0. The van der Waals surface area contributed by atoms with Crippen LogP contribution in [0.25, 0.3) is 0 Å². The minimum atomic E-state index is 0.250. The number of hydrogen-bond donors (Lipinski definition) is 1. The average molecular weight is 174 g/mol. The maximum Gasteiger partial charge on any atom is 0.0618 e. The molecule has 0 radical (unpaired) electrons. The number of nitrogens with zero attached hydrogens (tertiary/aromatic N) is 1. The Labute approximate surface area is 75.9 Å². The van der Waals surface area contributed by atoms with E-state index in [1.807, 2.05) is 13.8 Å². The van der Waals surface area contributed by atoms with E-state index in [-0.39, 0.29) is 6.17 Å². The summed E-state index contributed by atoms with van der Waals surface area (Å²) in [6, 6.07) is 0.542. The highest BCUT2D eigenvalue weighted by Crippen LogP contribution is 2.18. The van der Waals surface area contributed by atoms with Gasteiger partial charge in [-0.2, -0.15) is 0 Å². The molecule has 1 fully saturated rings. The maximum atomic E-state index is 5.77. The van der Waals surface area contributed by atoms with Crippen LogP contribution in [0, 0.1) is 0 Å². The predicted octanol–water partition coefficient (Wildman–Crippen LogP) is 1.04. The third-order valence-electron chi connectivity index (χ3n) is 2.25. The lowest BCUT2D eigenvalue weighted by Crippen LogP contribution is -2.39. The second-order valence-corrected chi connectivity index (χ2v) is 2.92. The second-order valence-electron chi connectivity index (χ2n) is 2.92. The van der Waals surface area contributed by atoms with Gasteiger partial charge in [0.15, 0.2) is 0 Å². The molecule has 3 nitrogen and oxygen atoms in total. The summed E-state index contributed by atoms with van der Waals surface area (Å²) in [7, 11) is 3.79. The van der Waals surface area contributed by atoms with Gasteiger partial charge < -0.3 is 10.5 Å². The van der Waals surface area contributed by atoms with Crippen LogP contribution in [0.2, 0.25) is 0 Å². The highest BCUT2D eigenvalue weighted by atomic mass is 16.5. The van der Waals surface area contributed by atoms with Crippen LogP contribution in [-0.2, 0) is 4.74 Å². The highest BCUT2D eigenvalue weighted by Gasteiger charge is 2.26. The van der Waals surface area contributed by atoms with Gasteiger partial charge in [-0.05, 0) is 19.9 Å². The standard InChI is InChI=1S/C7H16N2O.C2H6/c1-9-6(5-10-2)3-4-7(9)8;1-2/h6-7H,3-5,8H2,1-2H3;1-2H3. The Hall–Kier alpha value is -0.120. The number of likely N-dealkylation sites (N-methyl/N-ethyl adjacent to an activating group) is 1. The first-order valence-electron chi connectivity index (χ1n) is 4.72. The number of methoxy groups -OCH3 is 1. The molecule has 0 aromatic rings. The fourth-order valence-electron chi connectivity index (χ4n) is 1.43. The lowest BCUT2D eigenvalue weighted by atomic mass is 10.2. The van der Waals surface area contributed by atoms with Crippen molar-refractivity contribution in [2.24, 2.45) is 5.73 Å². The smallest absolute Gasteiger partial charge is 0.0618 e. The Morgan fingerprint density at radius 3 is 2.33 bits per heavy atom. The first-order chi connectivity index (χ1) is 5.75. The largest absolute Gasteiger partial charge is 0.383 e. The Bertz CT molecular complexity index is 107. The van der Waals surface area contributed by atoms with E-state index in [1.54, 1.807) is 7.11 Å². The highest BCUT2D eigenvalue weighted by molar-refractivity contribution is 4.81. The molecule has 3 heteroatoms. The van der Waals surface area contributed by atoms with Crippen molar-refractivity contribution in [3.8, 4) is 0 Å². The molecular formula is C9H22N2O. The molecule has 1 heterocycles. The van der Waals surface area contributed by atoms with Crippen LogP contribution < -0.4 is 5.73 Å². The molecule has 0 aromatic carbocycles. The van der Waals surface area contributed by atoms with Crippen LogP contribution in [-0.4, -0.2) is 37.9 Å². The van der Waals surface area contributed by atoms with Crippen molar-refractivity contribution >= 4 is 0 Å².